The summed E-state index contributed by atoms with van der Waals surface area (Å²) in [5, 5.41) is 9.77. The summed E-state index contributed by atoms with van der Waals surface area (Å²) >= 11 is 11.8. The molecule has 0 bridgehead atoms. The van der Waals surface area contributed by atoms with Crippen LogP contribution in [0.25, 0.3) is 6.08 Å². The van der Waals surface area contributed by atoms with E-state index in [4.69, 9.17) is 28.3 Å². The molecule has 21 heavy (non-hydrogen) atoms. The van der Waals surface area contributed by atoms with Gasteiger partial charge in [-0.25, -0.2) is 0 Å². The molecule has 0 saturated heterocycles. The highest BCUT2D eigenvalue weighted by molar-refractivity contribution is 6.34. The second kappa shape index (κ2) is 8.05. The van der Waals surface area contributed by atoms with Crippen molar-refractivity contribution in [3.8, 4) is 0 Å². The maximum atomic E-state index is 12.1. The zero-order valence-corrected chi connectivity index (χ0v) is 13.4. The Morgan fingerprint density at radius 1 is 1.29 bits per heavy atom. The average Bonchev–Trinajstić information content (AvgIpc) is 2.35. The van der Waals surface area contributed by atoms with E-state index in [1.165, 1.54) is 11.0 Å². The fraction of sp³-hybridized carbons (Fsp3) is 0.333. The standard InChI is InChI=1S/C15H17Cl2NO3/c1-3-18(10(2)6-15(20)21)14(19)5-4-11-7-12(16)9-13(17)8-11/h4-5,7-10H,3,6H2,1-2H3,(H,20,21). The topological polar surface area (TPSA) is 57.6 Å². The lowest BCUT2D eigenvalue weighted by atomic mass is 10.1. The fourth-order valence-corrected chi connectivity index (χ4v) is 2.53. The van der Waals surface area contributed by atoms with E-state index in [9.17, 15) is 9.59 Å². The first-order valence-electron chi connectivity index (χ1n) is 6.50. The Morgan fingerprint density at radius 2 is 1.86 bits per heavy atom. The smallest absolute Gasteiger partial charge is 0.305 e. The van der Waals surface area contributed by atoms with Gasteiger partial charge in [0.1, 0.15) is 0 Å². The molecule has 0 aromatic heterocycles. The SMILES string of the molecule is CCN(C(=O)C=Cc1cc(Cl)cc(Cl)c1)C(C)CC(=O)O. The number of amides is 1. The third-order valence-corrected chi connectivity index (χ3v) is 3.37. The minimum absolute atomic E-state index is 0.0869. The van der Waals surface area contributed by atoms with Gasteiger partial charge in [-0.05, 0) is 43.7 Å². The number of carbonyl (C=O) groups is 2. The lowest BCUT2D eigenvalue weighted by Crippen LogP contribution is -2.38. The fourth-order valence-electron chi connectivity index (χ4n) is 1.98. The molecule has 1 unspecified atom stereocenters. The molecule has 1 aromatic carbocycles. The van der Waals surface area contributed by atoms with Crippen LogP contribution in [0.2, 0.25) is 10.0 Å². The normalized spacial score (nSPS) is 12.4. The summed E-state index contributed by atoms with van der Waals surface area (Å²) < 4.78 is 0. The Morgan fingerprint density at radius 3 is 2.33 bits per heavy atom. The summed E-state index contributed by atoms with van der Waals surface area (Å²) in [6.07, 6.45) is 2.91. The van der Waals surface area contributed by atoms with Crippen LogP contribution in [0.4, 0.5) is 0 Å². The van der Waals surface area contributed by atoms with Crippen molar-refractivity contribution in [2.24, 2.45) is 0 Å². The van der Waals surface area contributed by atoms with Crippen LogP contribution in [0.15, 0.2) is 24.3 Å². The van der Waals surface area contributed by atoms with Gasteiger partial charge in [0, 0.05) is 28.7 Å². The van der Waals surface area contributed by atoms with Crippen LogP contribution < -0.4 is 0 Å². The molecule has 0 aliphatic rings. The Bertz CT molecular complexity index is 538. The van der Waals surface area contributed by atoms with E-state index in [1.54, 1.807) is 38.1 Å². The number of hydrogen-bond donors (Lipinski definition) is 1. The molecule has 4 nitrogen and oxygen atoms in total. The van der Waals surface area contributed by atoms with E-state index in [0.29, 0.717) is 22.2 Å². The first kappa shape index (κ1) is 17.5. The molecule has 1 atom stereocenters. The van der Waals surface area contributed by atoms with Gasteiger partial charge in [0.05, 0.1) is 6.42 Å². The molecule has 0 saturated carbocycles. The molecule has 6 heteroatoms. The molecular formula is C15H17Cl2NO3. The number of benzene rings is 1. The van der Waals surface area contributed by atoms with Gasteiger partial charge in [-0.3, -0.25) is 9.59 Å². The minimum Gasteiger partial charge on any atom is -0.481 e. The minimum atomic E-state index is -0.931. The van der Waals surface area contributed by atoms with Crippen molar-refractivity contribution in [3.05, 3.63) is 39.9 Å². The Balaban J connectivity index is 2.81. The van der Waals surface area contributed by atoms with Crippen molar-refractivity contribution in [3.63, 3.8) is 0 Å². The van der Waals surface area contributed by atoms with Gasteiger partial charge in [-0.1, -0.05) is 23.2 Å². The Hall–Kier alpha value is -1.52. The van der Waals surface area contributed by atoms with E-state index in [-0.39, 0.29) is 18.4 Å². The second-order valence-electron chi connectivity index (χ2n) is 4.61. The molecule has 114 valence electrons. The van der Waals surface area contributed by atoms with Crippen molar-refractivity contribution in [1.29, 1.82) is 0 Å². The summed E-state index contributed by atoms with van der Waals surface area (Å²) in [5.41, 5.74) is 0.711. The van der Waals surface area contributed by atoms with Gasteiger partial charge in [0.25, 0.3) is 0 Å². The number of hydrogen-bond acceptors (Lipinski definition) is 2. The average molecular weight is 330 g/mol. The predicted octanol–water partition coefficient (Wildman–Crippen LogP) is 3.72. The number of likely N-dealkylation sites (N-methyl/N-ethyl adjacent to an activating group) is 1. The Labute approximate surface area is 134 Å². The van der Waals surface area contributed by atoms with E-state index < -0.39 is 5.97 Å². The maximum absolute atomic E-state index is 12.1. The zero-order valence-electron chi connectivity index (χ0n) is 11.8. The Kier molecular flexibility index (Phi) is 6.72. The molecule has 0 radical (unpaired) electrons. The van der Waals surface area contributed by atoms with Gasteiger partial charge >= 0.3 is 5.97 Å². The van der Waals surface area contributed by atoms with Crippen molar-refractivity contribution >= 4 is 41.2 Å². The van der Waals surface area contributed by atoms with Gasteiger partial charge in [0.2, 0.25) is 5.91 Å². The van der Waals surface area contributed by atoms with E-state index in [1.807, 2.05) is 0 Å². The molecule has 0 aliphatic carbocycles. The quantitative estimate of drug-likeness (QED) is 0.809. The van der Waals surface area contributed by atoms with E-state index in [0.717, 1.165) is 0 Å². The summed E-state index contributed by atoms with van der Waals surface area (Å²) in [4.78, 5) is 24.3. The molecule has 0 spiro atoms. The van der Waals surface area contributed by atoms with Crippen molar-refractivity contribution < 1.29 is 14.7 Å². The van der Waals surface area contributed by atoms with Crippen LogP contribution in [0.5, 0.6) is 0 Å². The first-order valence-corrected chi connectivity index (χ1v) is 7.25. The van der Waals surface area contributed by atoms with Crippen molar-refractivity contribution in [2.45, 2.75) is 26.3 Å². The lowest BCUT2D eigenvalue weighted by Gasteiger charge is -2.25. The highest BCUT2D eigenvalue weighted by Gasteiger charge is 2.18. The maximum Gasteiger partial charge on any atom is 0.305 e. The molecule has 0 aliphatic heterocycles. The largest absolute Gasteiger partial charge is 0.481 e. The van der Waals surface area contributed by atoms with E-state index >= 15 is 0 Å². The third kappa shape index (κ3) is 5.78. The number of aliphatic carboxylic acids is 1. The molecular weight excluding hydrogens is 313 g/mol. The second-order valence-corrected chi connectivity index (χ2v) is 5.48. The number of carbonyl (C=O) groups excluding carboxylic acids is 1. The molecule has 1 N–H and O–H groups in total. The molecule has 1 aromatic rings. The van der Waals surface area contributed by atoms with Gasteiger partial charge < -0.3 is 10.0 Å². The number of carboxylic acid groups (broad SMARTS) is 1. The highest BCUT2D eigenvalue weighted by atomic mass is 35.5. The van der Waals surface area contributed by atoms with Crippen LogP contribution >= 0.6 is 23.2 Å². The van der Waals surface area contributed by atoms with Crippen molar-refractivity contribution in [2.75, 3.05) is 6.54 Å². The highest BCUT2D eigenvalue weighted by Crippen LogP contribution is 2.20. The summed E-state index contributed by atoms with van der Waals surface area (Å²) in [6, 6.07) is 4.62. The predicted molar refractivity (Wildman–Crippen MR) is 84.6 cm³/mol. The summed E-state index contributed by atoms with van der Waals surface area (Å²) in [7, 11) is 0. The third-order valence-electron chi connectivity index (χ3n) is 2.93. The molecule has 1 rings (SSSR count). The van der Waals surface area contributed by atoms with Crippen LogP contribution in [0.3, 0.4) is 0 Å². The number of rotatable bonds is 6. The first-order chi connectivity index (χ1) is 9.83. The number of carboxylic acids is 1. The number of halogens is 2. The van der Waals surface area contributed by atoms with Crippen LogP contribution in [-0.2, 0) is 9.59 Å². The molecule has 0 heterocycles. The lowest BCUT2D eigenvalue weighted by molar-refractivity contribution is -0.139. The zero-order chi connectivity index (χ0) is 16.0. The number of nitrogens with zero attached hydrogens (tertiary/aromatic N) is 1. The van der Waals surface area contributed by atoms with Crippen LogP contribution in [0, 0.1) is 0 Å². The van der Waals surface area contributed by atoms with Gasteiger partial charge in [-0.15, -0.1) is 0 Å². The molecule has 1 amide bonds. The monoisotopic (exact) mass is 329 g/mol. The van der Waals surface area contributed by atoms with Crippen LogP contribution in [0.1, 0.15) is 25.8 Å². The van der Waals surface area contributed by atoms with E-state index in [2.05, 4.69) is 0 Å². The van der Waals surface area contributed by atoms with Gasteiger partial charge in [0.15, 0.2) is 0 Å². The summed E-state index contributed by atoms with van der Waals surface area (Å²) in [5.74, 6) is -1.18. The van der Waals surface area contributed by atoms with Gasteiger partial charge in [-0.2, -0.15) is 0 Å². The van der Waals surface area contributed by atoms with Crippen LogP contribution in [-0.4, -0.2) is 34.5 Å². The molecule has 0 fully saturated rings. The summed E-state index contributed by atoms with van der Waals surface area (Å²) in [6.45, 7) is 3.95. The van der Waals surface area contributed by atoms with Crippen molar-refractivity contribution in [1.82, 2.24) is 4.90 Å².